The molecule has 0 bridgehead atoms. The van der Waals surface area contributed by atoms with Crippen molar-refractivity contribution in [3.8, 4) is 0 Å². The summed E-state index contributed by atoms with van der Waals surface area (Å²) in [6.07, 6.45) is 4.10. The van der Waals surface area contributed by atoms with Gasteiger partial charge in [-0.3, -0.25) is 0 Å². The Hall–Kier alpha value is -0.790. The Morgan fingerprint density at radius 3 is 2.82 bits per heavy atom. The molecule has 0 saturated heterocycles. The van der Waals surface area contributed by atoms with Crippen molar-refractivity contribution in [1.82, 2.24) is 9.97 Å². The van der Waals surface area contributed by atoms with E-state index >= 15 is 0 Å². The summed E-state index contributed by atoms with van der Waals surface area (Å²) in [5, 5.41) is 0. The number of rotatable bonds is 3. The van der Waals surface area contributed by atoms with E-state index in [4.69, 9.17) is 0 Å². The first-order chi connectivity index (χ1) is 5.24. The van der Waals surface area contributed by atoms with E-state index in [0.717, 1.165) is 12.3 Å². The van der Waals surface area contributed by atoms with Gasteiger partial charge in [-0.2, -0.15) is 0 Å². The Balaban J connectivity index is 2.56. The first kappa shape index (κ1) is 8.31. The molecule has 0 aliphatic rings. The largest absolute Gasteiger partial charge is 0.348 e. The van der Waals surface area contributed by atoms with Gasteiger partial charge in [-0.05, 0) is 19.3 Å². The summed E-state index contributed by atoms with van der Waals surface area (Å²) < 4.78 is 0. The van der Waals surface area contributed by atoms with Crippen LogP contribution in [0.25, 0.3) is 0 Å². The number of aryl methyl sites for hydroxylation is 1. The van der Waals surface area contributed by atoms with Crippen molar-refractivity contribution >= 4 is 0 Å². The molecule has 1 aromatic heterocycles. The first-order valence-corrected chi connectivity index (χ1v) is 4.22. The van der Waals surface area contributed by atoms with E-state index in [2.05, 4.69) is 30.7 Å². The summed E-state index contributed by atoms with van der Waals surface area (Å²) in [7, 11) is 0. The van der Waals surface area contributed by atoms with Crippen LogP contribution in [0, 0.1) is 12.8 Å². The molecule has 0 saturated carbocycles. The van der Waals surface area contributed by atoms with Crippen molar-refractivity contribution in [2.75, 3.05) is 0 Å². The minimum Gasteiger partial charge on any atom is -0.348 e. The maximum atomic E-state index is 4.25. The zero-order chi connectivity index (χ0) is 8.27. The Morgan fingerprint density at radius 1 is 1.64 bits per heavy atom. The standard InChI is InChI=1S/C9H16N2/c1-4-7(2)5-9-8(3)10-6-11-9/h6-7H,4-5H2,1-3H3,(H,10,11). The molecule has 1 aromatic rings. The van der Waals surface area contributed by atoms with E-state index in [0.29, 0.717) is 0 Å². The van der Waals surface area contributed by atoms with Gasteiger partial charge in [0.25, 0.3) is 0 Å². The normalized spacial score (nSPS) is 13.4. The molecule has 0 fully saturated rings. The van der Waals surface area contributed by atoms with E-state index < -0.39 is 0 Å². The Bertz CT molecular complexity index is 215. The van der Waals surface area contributed by atoms with Crippen molar-refractivity contribution in [2.24, 2.45) is 5.92 Å². The van der Waals surface area contributed by atoms with Gasteiger partial charge in [-0.1, -0.05) is 20.3 Å². The fourth-order valence-corrected chi connectivity index (χ4v) is 1.07. The summed E-state index contributed by atoms with van der Waals surface area (Å²) in [4.78, 5) is 7.34. The SMILES string of the molecule is CCC(C)Cc1nc[nH]c1C. The smallest absolute Gasteiger partial charge is 0.0925 e. The van der Waals surface area contributed by atoms with Gasteiger partial charge in [0, 0.05) is 5.69 Å². The van der Waals surface area contributed by atoms with Gasteiger partial charge in [0.15, 0.2) is 0 Å². The lowest BCUT2D eigenvalue weighted by Crippen LogP contribution is -1.99. The highest BCUT2D eigenvalue weighted by molar-refractivity contribution is 5.08. The second-order valence-electron chi connectivity index (χ2n) is 3.19. The van der Waals surface area contributed by atoms with Crippen LogP contribution in [0.15, 0.2) is 6.33 Å². The van der Waals surface area contributed by atoms with E-state index in [9.17, 15) is 0 Å². The van der Waals surface area contributed by atoms with Crippen LogP contribution in [-0.4, -0.2) is 9.97 Å². The molecule has 0 spiro atoms. The second kappa shape index (κ2) is 3.56. The van der Waals surface area contributed by atoms with Gasteiger partial charge in [0.1, 0.15) is 0 Å². The van der Waals surface area contributed by atoms with Crippen LogP contribution >= 0.6 is 0 Å². The van der Waals surface area contributed by atoms with Gasteiger partial charge in [0.05, 0.1) is 12.0 Å². The zero-order valence-electron chi connectivity index (χ0n) is 7.52. The maximum Gasteiger partial charge on any atom is 0.0925 e. The minimum absolute atomic E-state index is 0.747. The van der Waals surface area contributed by atoms with Crippen LogP contribution in [0.3, 0.4) is 0 Å². The fraction of sp³-hybridized carbons (Fsp3) is 0.667. The molecule has 0 amide bonds. The van der Waals surface area contributed by atoms with Crippen LogP contribution in [-0.2, 0) is 6.42 Å². The number of H-pyrrole nitrogens is 1. The molecular formula is C9H16N2. The van der Waals surface area contributed by atoms with Gasteiger partial charge in [-0.15, -0.1) is 0 Å². The van der Waals surface area contributed by atoms with Crippen LogP contribution in [0.4, 0.5) is 0 Å². The first-order valence-electron chi connectivity index (χ1n) is 4.22. The predicted molar refractivity (Wildman–Crippen MR) is 46.5 cm³/mol. The number of imidazole rings is 1. The number of nitrogens with zero attached hydrogens (tertiary/aromatic N) is 1. The molecule has 2 heteroatoms. The van der Waals surface area contributed by atoms with Crippen LogP contribution in [0.2, 0.25) is 0 Å². The maximum absolute atomic E-state index is 4.25. The highest BCUT2D eigenvalue weighted by Crippen LogP contribution is 2.11. The lowest BCUT2D eigenvalue weighted by atomic mass is 10.0. The van der Waals surface area contributed by atoms with Gasteiger partial charge < -0.3 is 4.98 Å². The van der Waals surface area contributed by atoms with Gasteiger partial charge >= 0.3 is 0 Å². The Morgan fingerprint density at radius 2 is 2.36 bits per heavy atom. The molecule has 1 atom stereocenters. The topological polar surface area (TPSA) is 28.7 Å². The zero-order valence-corrected chi connectivity index (χ0v) is 7.52. The molecule has 62 valence electrons. The highest BCUT2D eigenvalue weighted by atomic mass is 14.9. The van der Waals surface area contributed by atoms with E-state index in [1.807, 2.05) is 0 Å². The van der Waals surface area contributed by atoms with Crippen molar-refractivity contribution in [3.05, 3.63) is 17.7 Å². The van der Waals surface area contributed by atoms with E-state index in [1.54, 1.807) is 6.33 Å². The quantitative estimate of drug-likeness (QED) is 0.707. The molecule has 1 heterocycles. The highest BCUT2D eigenvalue weighted by Gasteiger charge is 2.04. The average molecular weight is 152 g/mol. The summed E-state index contributed by atoms with van der Waals surface area (Å²) in [5.41, 5.74) is 2.43. The summed E-state index contributed by atoms with van der Waals surface area (Å²) in [6, 6.07) is 0. The number of aromatic amines is 1. The van der Waals surface area contributed by atoms with E-state index in [1.165, 1.54) is 17.8 Å². The van der Waals surface area contributed by atoms with Crippen molar-refractivity contribution in [3.63, 3.8) is 0 Å². The third-order valence-electron chi connectivity index (χ3n) is 2.17. The number of nitrogens with one attached hydrogen (secondary N) is 1. The lowest BCUT2D eigenvalue weighted by Gasteiger charge is -2.05. The number of hydrogen-bond donors (Lipinski definition) is 1. The van der Waals surface area contributed by atoms with Crippen molar-refractivity contribution in [1.29, 1.82) is 0 Å². The van der Waals surface area contributed by atoms with Crippen LogP contribution in [0.1, 0.15) is 31.7 Å². The molecule has 1 N–H and O–H groups in total. The molecule has 0 aliphatic carbocycles. The third-order valence-corrected chi connectivity index (χ3v) is 2.17. The lowest BCUT2D eigenvalue weighted by molar-refractivity contribution is 0.552. The molecule has 1 unspecified atom stereocenters. The van der Waals surface area contributed by atoms with Crippen molar-refractivity contribution in [2.45, 2.75) is 33.6 Å². The molecule has 1 rings (SSSR count). The summed E-state index contributed by atoms with van der Waals surface area (Å²) >= 11 is 0. The third kappa shape index (κ3) is 2.07. The van der Waals surface area contributed by atoms with E-state index in [-0.39, 0.29) is 0 Å². The van der Waals surface area contributed by atoms with Crippen LogP contribution < -0.4 is 0 Å². The molecule has 0 aliphatic heterocycles. The molecule has 0 radical (unpaired) electrons. The number of hydrogen-bond acceptors (Lipinski definition) is 1. The average Bonchev–Trinajstić information content (AvgIpc) is 2.37. The second-order valence-corrected chi connectivity index (χ2v) is 3.19. The van der Waals surface area contributed by atoms with Crippen molar-refractivity contribution < 1.29 is 0 Å². The van der Waals surface area contributed by atoms with Gasteiger partial charge in [-0.25, -0.2) is 4.98 Å². The predicted octanol–water partition coefficient (Wildman–Crippen LogP) is 2.31. The Labute approximate surface area is 68.0 Å². The fourth-order valence-electron chi connectivity index (χ4n) is 1.07. The Kier molecular flexibility index (Phi) is 2.69. The summed E-state index contributed by atoms with van der Waals surface area (Å²) in [6.45, 7) is 6.55. The van der Waals surface area contributed by atoms with Crippen LogP contribution in [0.5, 0.6) is 0 Å². The molecule has 0 aromatic carbocycles. The monoisotopic (exact) mass is 152 g/mol. The van der Waals surface area contributed by atoms with Gasteiger partial charge in [0.2, 0.25) is 0 Å². The molecule has 11 heavy (non-hydrogen) atoms. The molecule has 2 nitrogen and oxygen atoms in total. The molecular weight excluding hydrogens is 136 g/mol. The number of aromatic nitrogens is 2. The minimum atomic E-state index is 0.747. The summed E-state index contributed by atoms with van der Waals surface area (Å²) in [5.74, 6) is 0.747.